The van der Waals surface area contributed by atoms with Crippen LogP contribution in [0.3, 0.4) is 0 Å². The molecule has 10 nitrogen and oxygen atoms in total. The summed E-state index contributed by atoms with van der Waals surface area (Å²) in [7, 11) is 0.310. The third-order valence-electron chi connectivity index (χ3n) is 5.54. The molecule has 2 heterocycles. The highest BCUT2D eigenvalue weighted by molar-refractivity contribution is 7.51. The average Bonchev–Trinajstić information content (AvgIpc) is 2.87. The summed E-state index contributed by atoms with van der Waals surface area (Å²) in [5.74, 6) is 1.12. The summed E-state index contributed by atoms with van der Waals surface area (Å²) in [6, 6.07) is 15.2. The Hall–Kier alpha value is -2.01. The number of benzene rings is 2. The number of nitrogens with one attached hydrogen (secondary N) is 1. The molecule has 0 spiro atoms. The molecule has 2 fully saturated rings. The van der Waals surface area contributed by atoms with Crippen molar-refractivity contribution in [3.8, 4) is 11.5 Å². The largest absolute Gasteiger partial charge is 0.497 e. The summed E-state index contributed by atoms with van der Waals surface area (Å²) in [6.07, 6.45) is -4.30. The summed E-state index contributed by atoms with van der Waals surface area (Å²) in [5, 5.41) is 14.0. The Kier molecular flexibility index (Phi) is 7.68. The van der Waals surface area contributed by atoms with Gasteiger partial charge in [0.15, 0.2) is 6.29 Å². The Morgan fingerprint density at radius 3 is 2.27 bits per heavy atom. The second-order valence-electron chi connectivity index (χ2n) is 7.52. The fraction of sp³-hybridized carbons (Fsp3) is 0.455. The van der Waals surface area contributed by atoms with Crippen molar-refractivity contribution < 1.29 is 42.4 Å². The van der Waals surface area contributed by atoms with Crippen molar-refractivity contribution >= 4 is 7.75 Å². The van der Waals surface area contributed by atoms with Crippen molar-refractivity contribution in [2.24, 2.45) is 0 Å². The lowest BCUT2D eigenvalue weighted by atomic mass is 9.96. The molecular weight excluding hydrogens is 453 g/mol. The number of ether oxygens (including phenoxy) is 5. The molecule has 0 saturated carbocycles. The van der Waals surface area contributed by atoms with E-state index in [0.717, 1.165) is 5.56 Å². The summed E-state index contributed by atoms with van der Waals surface area (Å²) >= 11 is 0. The maximum absolute atomic E-state index is 12.8. The molecule has 2 aliphatic heterocycles. The first kappa shape index (κ1) is 24.1. The van der Waals surface area contributed by atoms with Crippen LogP contribution in [0.4, 0.5) is 0 Å². The molecule has 2 N–H and O–H groups in total. The highest BCUT2D eigenvalue weighted by atomic mass is 31.2. The Balaban J connectivity index is 1.57. The molecule has 0 bridgehead atoms. The molecule has 2 aromatic rings. The van der Waals surface area contributed by atoms with Gasteiger partial charge in [0, 0.05) is 19.8 Å². The van der Waals surface area contributed by atoms with E-state index in [2.05, 4.69) is 5.09 Å². The minimum Gasteiger partial charge on any atom is -0.497 e. The first-order chi connectivity index (χ1) is 16.0. The quantitative estimate of drug-likeness (QED) is 0.546. The smallest absolute Gasteiger partial charge is 0.405 e. The van der Waals surface area contributed by atoms with Crippen molar-refractivity contribution in [3.63, 3.8) is 0 Å². The van der Waals surface area contributed by atoms with Gasteiger partial charge in [0.25, 0.3) is 0 Å². The van der Waals surface area contributed by atoms with Crippen LogP contribution in [0.25, 0.3) is 0 Å². The Morgan fingerprint density at radius 1 is 0.970 bits per heavy atom. The molecule has 0 aromatic heterocycles. The van der Waals surface area contributed by atoms with Gasteiger partial charge in [-0.25, -0.2) is 9.65 Å². The van der Waals surface area contributed by atoms with Gasteiger partial charge in [-0.05, 0) is 24.3 Å². The number of aliphatic hydroxyl groups excluding tert-OH is 1. The van der Waals surface area contributed by atoms with Gasteiger partial charge in [-0.1, -0.05) is 30.3 Å². The zero-order valence-corrected chi connectivity index (χ0v) is 19.4. The Morgan fingerprint density at radius 2 is 1.64 bits per heavy atom. The third kappa shape index (κ3) is 5.40. The first-order valence-corrected chi connectivity index (χ1v) is 12.0. The molecule has 0 aliphatic carbocycles. The van der Waals surface area contributed by atoms with Crippen molar-refractivity contribution in [1.29, 1.82) is 0 Å². The molecule has 2 aromatic carbocycles. The van der Waals surface area contributed by atoms with Crippen LogP contribution < -0.4 is 14.6 Å². The molecule has 11 heteroatoms. The molecule has 2 saturated heterocycles. The van der Waals surface area contributed by atoms with E-state index in [1.807, 2.05) is 30.3 Å². The van der Waals surface area contributed by atoms with Crippen molar-refractivity contribution in [2.45, 2.75) is 36.9 Å². The minimum absolute atomic E-state index is 0.169. The molecule has 1 unspecified atom stereocenters. The molecule has 33 heavy (non-hydrogen) atoms. The summed E-state index contributed by atoms with van der Waals surface area (Å²) < 4.78 is 52.0. The minimum atomic E-state index is -3.74. The van der Waals surface area contributed by atoms with E-state index in [9.17, 15) is 9.67 Å². The van der Waals surface area contributed by atoms with Gasteiger partial charge in [-0.3, -0.25) is 0 Å². The van der Waals surface area contributed by atoms with E-state index >= 15 is 0 Å². The second-order valence-corrected chi connectivity index (χ2v) is 9.50. The Bertz CT molecular complexity index is 937. The lowest BCUT2D eigenvalue weighted by Crippen LogP contribution is -2.66. The van der Waals surface area contributed by atoms with Gasteiger partial charge in [0.1, 0.15) is 35.9 Å². The van der Waals surface area contributed by atoms with Crippen molar-refractivity contribution in [1.82, 2.24) is 5.09 Å². The van der Waals surface area contributed by atoms with Crippen LogP contribution >= 0.6 is 7.75 Å². The predicted molar refractivity (Wildman–Crippen MR) is 117 cm³/mol. The van der Waals surface area contributed by atoms with E-state index in [4.69, 9.17) is 32.7 Å². The second kappa shape index (κ2) is 10.5. The van der Waals surface area contributed by atoms with Crippen LogP contribution in [-0.4, -0.2) is 63.7 Å². The molecular formula is C22H28NO9P. The van der Waals surface area contributed by atoms with E-state index in [0.29, 0.717) is 11.5 Å². The topological polar surface area (TPSA) is 114 Å². The Labute approximate surface area is 192 Å². The predicted octanol–water partition coefficient (Wildman–Crippen LogP) is 2.63. The monoisotopic (exact) mass is 481 g/mol. The van der Waals surface area contributed by atoms with Crippen LogP contribution in [0.15, 0.2) is 54.6 Å². The van der Waals surface area contributed by atoms with E-state index in [1.165, 1.54) is 14.2 Å². The zero-order valence-electron chi connectivity index (χ0n) is 18.5. The van der Waals surface area contributed by atoms with Gasteiger partial charge >= 0.3 is 7.75 Å². The maximum atomic E-state index is 12.8. The molecule has 0 amide bonds. The summed E-state index contributed by atoms with van der Waals surface area (Å²) in [4.78, 5) is 0. The first-order valence-electron chi connectivity index (χ1n) is 10.4. The molecule has 180 valence electrons. The number of hydrogen-bond acceptors (Lipinski definition) is 9. The SMILES string of the molecule is COc1ccc(O[C@@H]2O[C@@H]3COC(c4ccccc4)O[C@H]3[C@H](O)[C@H]2NP(=O)(OC)OC)cc1. The zero-order chi connectivity index (χ0) is 23.4. The third-order valence-corrected chi connectivity index (χ3v) is 7.11. The van der Waals surface area contributed by atoms with Gasteiger partial charge in [-0.2, -0.15) is 0 Å². The van der Waals surface area contributed by atoms with Crippen LogP contribution in [-0.2, 0) is 27.8 Å². The molecule has 2 aliphatic rings. The average molecular weight is 481 g/mol. The number of aliphatic hydroxyl groups is 1. The van der Waals surface area contributed by atoms with Crippen molar-refractivity contribution in [2.75, 3.05) is 27.9 Å². The number of rotatable bonds is 8. The number of fused-ring (bicyclic) bond motifs is 1. The van der Waals surface area contributed by atoms with Crippen LogP contribution in [0.2, 0.25) is 0 Å². The van der Waals surface area contributed by atoms with Gasteiger partial charge in [0.05, 0.1) is 13.7 Å². The van der Waals surface area contributed by atoms with Gasteiger partial charge in [0.2, 0.25) is 6.29 Å². The van der Waals surface area contributed by atoms with E-state index in [-0.39, 0.29) is 6.61 Å². The summed E-state index contributed by atoms with van der Waals surface area (Å²) in [5.41, 5.74) is 0.809. The highest BCUT2D eigenvalue weighted by Crippen LogP contribution is 2.45. The standard InChI is InChI=1S/C22H28NO9P/c1-26-15-9-11-16(12-10-15)30-22-18(23-33(25,27-2)28-3)19(24)20-17(31-22)13-29-21(32-20)14-7-5-4-6-8-14/h4-12,17-22,24H,13H2,1-3H3,(H,23,25)/t17-,18-,19-,20-,21?,22-/m1/s1. The fourth-order valence-corrected chi connectivity index (χ4v) is 4.76. The number of hydrogen-bond donors (Lipinski definition) is 2. The van der Waals surface area contributed by atoms with Crippen LogP contribution in [0, 0.1) is 0 Å². The molecule has 0 radical (unpaired) electrons. The van der Waals surface area contributed by atoms with Crippen LogP contribution in [0.5, 0.6) is 11.5 Å². The lowest BCUT2D eigenvalue weighted by molar-refractivity contribution is -0.333. The molecule has 4 rings (SSSR count). The van der Waals surface area contributed by atoms with E-state index in [1.54, 1.807) is 31.4 Å². The van der Waals surface area contributed by atoms with Gasteiger partial charge in [-0.15, -0.1) is 0 Å². The molecule has 6 atom stereocenters. The fourth-order valence-electron chi connectivity index (χ4n) is 3.76. The maximum Gasteiger partial charge on any atom is 0.405 e. The lowest BCUT2D eigenvalue weighted by Gasteiger charge is -2.48. The normalized spacial score (nSPS) is 29.8. The summed E-state index contributed by atoms with van der Waals surface area (Å²) in [6.45, 7) is 0.169. The highest BCUT2D eigenvalue weighted by Gasteiger charge is 2.52. The van der Waals surface area contributed by atoms with Crippen LogP contribution in [0.1, 0.15) is 11.9 Å². The van der Waals surface area contributed by atoms with E-state index < -0.39 is 44.7 Å². The number of methoxy groups -OCH3 is 1. The van der Waals surface area contributed by atoms with Gasteiger partial charge < -0.3 is 37.8 Å². The van der Waals surface area contributed by atoms with Crippen molar-refractivity contribution in [3.05, 3.63) is 60.2 Å².